The van der Waals surface area contributed by atoms with Crippen LogP contribution in [-0.4, -0.2) is 37.4 Å². The van der Waals surface area contributed by atoms with Crippen molar-refractivity contribution in [1.29, 1.82) is 0 Å². The Morgan fingerprint density at radius 3 is 2.58 bits per heavy atom. The number of carbonyl (C=O) groups is 2. The molecule has 0 aromatic carbocycles. The molecule has 1 aliphatic carbocycles. The molecule has 12 heavy (non-hydrogen) atoms. The summed E-state index contributed by atoms with van der Waals surface area (Å²) >= 11 is 0. The Labute approximate surface area is 71.9 Å². The van der Waals surface area contributed by atoms with Crippen LogP contribution in [0.2, 0.25) is 0 Å². The third kappa shape index (κ3) is 2.22. The minimum Gasteiger partial charge on any atom is -0.338 e. The fourth-order valence-corrected chi connectivity index (χ4v) is 1.12. The molecule has 0 atom stereocenters. The van der Waals surface area contributed by atoms with Gasteiger partial charge in [0.1, 0.15) is 5.78 Å². The van der Waals surface area contributed by atoms with E-state index < -0.39 is 0 Å². The molecule has 1 aliphatic rings. The topological polar surface area (TPSA) is 49.4 Å². The monoisotopic (exact) mass is 170 g/mol. The number of carbonyl (C=O) groups excluding carboxylic acids is 2. The predicted molar refractivity (Wildman–Crippen MR) is 44.8 cm³/mol. The maximum Gasteiger partial charge on any atom is 0.316 e. The summed E-state index contributed by atoms with van der Waals surface area (Å²) in [5.74, 6) is 0.681. The largest absolute Gasteiger partial charge is 0.338 e. The van der Waals surface area contributed by atoms with Gasteiger partial charge in [0.15, 0.2) is 0 Å². The van der Waals surface area contributed by atoms with Gasteiger partial charge in [0.05, 0.1) is 0 Å². The van der Waals surface area contributed by atoms with Gasteiger partial charge < -0.3 is 10.2 Å². The molecule has 1 saturated carbocycles. The van der Waals surface area contributed by atoms with Crippen molar-refractivity contribution in [3.05, 3.63) is 0 Å². The van der Waals surface area contributed by atoms with E-state index in [-0.39, 0.29) is 6.03 Å². The molecule has 1 rings (SSSR count). The van der Waals surface area contributed by atoms with Crippen LogP contribution in [0.15, 0.2) is 0 Å². The number of urea groups is 1. The highest BCUT2D eigenvalue weighted by molar-refractivity contribution is 5.84. The maximum absolute atomic E-state index is 11.0. The molecule has 4 nitrogen and oxygen atoms in total. The summed E-state index contributed by atoms with van der Waals surface area (Å²) in [6.07, 6.45) is 1.27. The summed E-state index contributed by atoms with van der Waals surface area (Å²) in [6, 6.07) is -0.0886. The van der Waals surface area contributed by atoms with Gasteiger partial charge in [-0.1, -0.05) is 0 Å². The van der Waals surface area contributed by atoms with Gasteiger partial charge in [-0.15, -0.1) is 0 Å². The van der Waals surface area contributed by atoms with Crippen molar-refractivity contribution < 1.29 is 9.59 Å². The minimum absolute atomic E-state index is 0.0886. The number of ketones is 1. The summed E-state index contributed by atoms with van der Waals surface area (Å²) in [4.78, 5) is 23.1. The molecular weight excluding hydrogens is 156 g/mol. The normalized spacial score (nSPS) is 17.0. The van der Waals surface area contributed by atoms with E-state index in [1.807, 2.05) is 0 Å². The summed E-state index contributed by atoms with van der Waals surface area (Å²) in [6.45, 7) is 0.628. The number of nitrogens with one attached hydrogen (secondary N) is 1. The highest BCUT2D eigenvalue weighted by Gasteiger charge is 2.26. The zero-order valence-corrected chi connectivity index (χ0v) is 7.46. The fourth-order valence-electron chi connectivity index (χ4n) is 1.12. The molecule has 0 spiro atoms. The van der Waals surface area contributed by atoms with Crippen LogP contribution in [0.3, 0.4) is 0 Å². The van der Waals surface area contributed by atoms with E-state index in [1.165, 1.54) is 4.90 Å². The van der Waals surface area contributed by atoms with E-state index in [2.05, 4.69) is 5.32 Å². The second-order valence-corrected chi connectivity index (χ2v) is 3.39. The highest BCUT2D eigenvalue weighted by Crippen LogP contribution is 2.21. The third-order valence-electron chi connectivity index (χ3n) is 1.98. The average Bonchev–Trinajstić information content (AvgIpc) is 1.95. The first kappa shape index (κ1) is 9.03. The molecule has 0 unspecified atom stereocenters. The summed E-state index contributed by atoms with van der Waals surface area (Å²) in [5.41, 5.74) is 0. The van der Waals surface area contributed by atoms with E-state index in [0.717, 1.165) is 0 Å². The first-order chi connectivity index (χ1) is 5.59. The van der Waals surface area contributed by atoms with Gasteiger partial charge in [-0.3, -0.25) is 4.79 Å². The molecule has 0 aromatic rings. The summed E-state index contributed by atoms with van der Waals surface area (Å²) in [7, 11) is 3.39. The second kappa shape index (κ2) is 3.56. The fraction of sp³-hybridized carbons (Fsp3) is 0.750. The zero-order chi connectivity index (χ0) is 9.14. The Hall–Kier alpha value is -1.06. The lowest BCUT2D eigenvalue weighted by Gasteiger charge is -2.24. The summed E-state index contributed by atoms with van der Waals surface area (Å²) in [5, 5.41) is 2.74. The van der Waals surface area contributed by atoms with E-state index in [4.69, 9.17) is 0 Å². The van der Waals surface area contributed by atoms with Crippen molar-refractivity contribution >= 4 is 11.8 Å². The van der Waals surface area contributed by atoms with Crippen molar-refractivity contribution in [2.24, 2.45) is 5.92 Å². The Kier molecular flexibility index (Phi) is 2.68. The van der Waals surface area contributed by atoms with Crippen LogP contribution in [0.5, 0.6) is 0 Å². The standard InChI is InChI=1S/C8H14N2O2/c1-10(2)8(12)9-5-6-3-7(11)4-6/h6H,3-5H2,1-2H3,(H,9,12). The highest BCUT2D eigenvalue weighted by atomic mass is 16.2. The van der Waals surface area contributed by atoms with Crippen molar-refractivity contribution in [2.75, 3.05) is 20.6 Å². The van der Waals surface area contributed by atoms with Gasteiger partial charge in [-0.25, -0.2) is 4.79 Å². The Bertz CT molecular complexity index is 193. The molecule has 0 saturated heterocycles. The Balaban J connectivity index is 2.10. The number of amides is 2. The molecule has 2 amide bonds. The molecule has 68 valence electrons. The van der Waals surface area contributed by atoms with Gasteiger partial charge in [-0.2, -0.15) is 0 Å². The Morgan fingerprint density at radius 2 is 2.17 bits per heavy atom. The number of Topliss-reactive ketones (excluding diaryl/α,β-unsaturated/α-hetero) is 1. The first-order valence-corrected chi connectivity index (χ1v) is 4.06. The van der Waals surface area contributed by atoms with Gasteiger partial charge >= 0.3 is 6.03 Å². The molecular formula is C8H14N2O2. The van der Waals surface area contributed by atoms with Gasteiger partial charge in [0, 0.05) is 33.5 Å². The molecule has 0 aromatic heterocycles. The van der Waals surface area contributed by atoms with Crippen LogP contribution >= 0.6 is 0 Å². The van der Waals surface area contributed by atoms with Crippen molar-refractivity contribution in [1.82, 2.24) is 10.2 Å². The van der Waals surface area contributed by atoms with Crippen LogP contribution in [0.25, 0.3) is 0 Å². The molecule has 4 heteroatoms. The molecule has 0 heterocycles. The van der Waals surface area contributed by atoms with E-state index in [9.17, 15) is 9.59 Å². The van der Waals surface area contributed by atoms with Gasteiger partial charge in [-0.05, 0) is 5.92 Å². The quantitative estimate of drug-likeness (QED) is 0.645. The van der Waals surface area contributed by atoms with E-state index in [0.29, 0.717) is 31.1 Å². The molecule has 1 fully saturated rings. The first-order valence-electron chi connectivity index (χ1n) is 4.06. The van der Waals surface area contributed by atoms with Crippen molar-refractivity contribution in [3.63, 3.8) is 0 Å². The number of nitrogens with zero attached hydrogens (tertiary/aromatic N) is 1. The maximum atomic E-state index is 11.0. The van der Waals surface area contributed by atoms with Crippen LogP contribution in [0, 0.1) is 5.92 Å². The van der Waals surface area contributed by atoms with Crippen LogP contribution in [-0.2, 0) is 4.79 Å². The average molecular weight is 170 g/mol. The zero-order valence-electron chi connectivity index (χ0n) is 7.46. The lowest BCUT2D eigenvalue weighted by Crippen LogP contribution is -2.40. The van der Waals surface area contributed by atoms with Gasteiger partial charge in [0.2, 0.25) is 0 Å². The molecule has 0 bridgehead atoms. The number of hydrogen-bond donors (Lipinski definition) is 1. The molecule has 0 radical (unpaired) electrons. The lowest BCUT2D eigenvalue weighted by atomic mass is 9.84. The van der Waals surface area contributed by atoms with E-state index >= 15 is 0 Å². The number of hydrogen-bond acceptors (Lipinski definition) is 2. The lowest BCUT2D eigenvalue weighted by molar-refractivity contribution is -0.126. The van der Waals surface area contributed by atoms with Crippen LogP contribution in [0.1, 0.15) is 12.8 Å². The Morgan fingerprint density at radius 1 is 1.58 bits per heavy atom. The minimum atomic E-state index is -0.0886. The smallest absolute Gasteiger partial charge is 0.316 e. The summed E-state index contributed by atoms with van der Waals surface area (Å²) < 4.78 is 0. The molecule has 0 aliphatic heterocycles. The predicted octanol–water partition coefficient (Wildman–Crippen LogP) is 0.237. The van der Waals surface area contributed by atoms with E-state index in [1.54, 1.807) is 14.1 Å². The second-order valence-electron chi connectivity index (χ2n) is 3.39. The van der Waals surface area contributed by atoms with Crippen LogP contribution < -0.4 is 5.32 Å². The third-order valence-corrected chi connectivity index (χ3v) is 1.98. The van der Waals surface area contributed by atoms with Gasteiger partial charge in [0.25, 0.3) is 0 Å². The van der Waals surface area contributed by atoms with Crippen molar-refractivity contribution in [2.45, 2.75) is 12.8 Å². The number of rotatable bonds is 2. The molecule has 1 N–H and O–H groups in total. The van der Waals surface area contributed by atoms with Crippen LogP contribution in [0.4, 0.5) is 4.79 Å². The SMILES string of the molecule is CN(C)C(=O)NCC1CC(=O)C1. The van der Waals surface area contributed by atoms with Crippen molar-refractivity contribution in [3.8, 4) is 0 Å².